The van der Waals surface area contributed by atoms with Crippen LogP contribution in [0, 0.1) is 5.82 Å². The first-order valence-electron chi connectivity index (χ1n) is 9.18. The van der Waals surface area contributed by atoms with Gasteiger partial charge in [0.1, 0.15) is 23.9 Å². The quantitative estimate of drug-likeness (QED) is 0.509. The lowest BCUT2D eigenvalue weighted by molar-refractivity contribution is 0.352. The van der Waals surface area contributed by atoms with E-state index in [2.05, 4.69) is 10.1 Å². The van der Waals surface area contributed by atoms with Gasteiger partial charge in [0.25, 0.3) is 11.1 Å². The molecule has 0 bridgehead atoms. The monoisotopic (exact) mass is 419 g/mol. The Bertz CT molecular complexity index is 1470. The van der Waals surface area contributed by atoms with Crippen LogP contribution in [-0.2, 0) is 6.42 Å². The highest BCUT2D eigenvalue weighted by Crippen LogP contribution is 2.26. The van der Waals surface area contributed by atoms with Crippen molar-refractivity contribution < 1.29 is 9.13 Å². The highest BCUT2D eigenvalue weighted by atomic mass is 32.1. The van der Waals surface area contributed by atoms with Crippen molar-refractivity contribution in [2.45, 2.75) is 6.42 Å². The number of rotatable bonds is 3. The molecular weight excluding hydrogens is 405 g/mol. The molecule has 0 atom stereocenters. The molecule has 0 aliphatic carbocycles. The van der Waals surface area contributed by atoms with Crippen molar-refractivity contribution in [3.05, 3.63) is 102 Å². The fourth-order valence-electron chi connectivity index (χ4n) is 3.23. The van der Waals surface area contributed by atoms with Gasteiger partial charge in [-0.2, -0.15) is 14.6 Å². The molecule has 30 heavy (non-hydrogen) atoms. The maximum atomic E-state index is 13.1. The van der Waals surface area contributed by atoms with Crippen LogP contribution in [0.25, 0.3) is 17.1 Å². The molecule has 1 aliphatic heterocycles. The molecule has 0 amide bonds. The molecule has 0 N–H and O–H groups in total. The number of hydrogen-bond acceptors (Lipinski definition) is 6. The van der Waals surface area contributed by atoms with Gasteiger partial charge in [-0.25, -0.2) is 4.39 Å². The summed E-state index contributed by atoms with van der Waals surface area (Å²) in [4.78, 5) is 29.4. The lowest BCUT2D eigenvalue weighted by Gasteiger charge is -2.15. The summed E-state index contributed by atoms with van der Waals surface area (Å²) < 4.78 is 20.4. The summed E-state index contributed by atoms with van der Waals surface area (Å²) in [6.45, 7) is 0.346. The van der Waals surface area contributed by atoms with Crippen LogP contribution in [0.4, 0.5) is 4.39 Å². The molecule has 2 aromatic carbocycles. The molecule has 0 radical (unpaired) electrons. The number of halogens is 1. The first-order chi connectivity index (χ1) is 14.6. The van der Waals surface area contributed by atoms with Crippen LogP contribution >= 0.6 is 11.3 Å². The minimum Gasteiger partial charge on any atom is -0.488 e. The maximum absolute atomic E-state index is 13.1. The van der Waals surface area contributed by atoms with E-state index in [9.17, 15) is 14.0 Å². The number of fused-ring (bicyclic) bond motifs is 2. The lowest BCUT2D eigenvalue weighted by Crippen LogP contribution is -2.28. The van der Waals surface area contributed by atoms with E-state index in [-0.39, 0.29) is 28.5 Å². The predicted molar refractivity (Wildman–Crippen MR) is 112 cm³/mol. The fraction of sp³-hybridized carbons (Fsp3) is 0.0909. The first-order valence-corrected chi connectivity index (χ1v) is 10.00. The summed E-state index contributed by atoms with van der Waals surface area (Å²) in [6.07, 6.45) is 3.87. The maximum Gasteiger partial charge on any atom is 0.296 e. The second kappa shape index (κ2) is 7.31. The molecule has 2 aromatic heterocycles. The third kappa shape index (κ3) is 3.42. The van der Waals surface area contributed by atoms with Crippen LogP contribution in [0.5, 0.6) is 5.75 Å². The normalized spacial score (nSPS) is 13.8. The molecule has 0 saturated carbocycles. The topological polar surface area (TPSA) is 73.6 Å². The number of hydrogen-bond donors (Lipinski definition) is 0. The Balaban J connectivity index is 1.55. The number of nitrogens with zero attached hydrogens (tertiary/aromatic N) is 3. The van der Waals surface area contributed by atoms with E-state index < -0.39 is 5.56 Å². The van der Waals surface area contributed by atoms with E-state index >= 15 is 0 Å². The molecule has 0 saturated heterocycles. The Morgan fingerprint density at radius 2 is 1.93 bits per heavy atom. The van der Waals surface area contributed by atoms with Crippen molar-refractivity contribution >= 4 is 28.4 Å². The average Bonchev–Trinajstić information content (AvgIpc) is 3.04. The largest absolute Gasteiger partial charge is 0.488 e. The summed E-state index contributed by atoms with van der Waals surface area (Å²) in [7, 11) is 0. The Kier molecular flexibility index (Phi) is 4.48. The van der Waals surface area contributed by atoms with Crippen molar-refractivity contribution in [1.29, 1.82) is 0 Å². The van der Waals surface area contributed by atoms with Crippen molar-refractivity contribution in [3.8, 4) is 5.75 Å². The smallest absolute Gasteiger partial charge is 0.296 e. The molecule has 5 rings (SSSR count). The number of ether oxygens (including phenoxy) is 1. The highest BCUT2D eigenvalue weighted by Gasteiger charge is 2.13. The summed E-state index contributed by atoms with van der Waals surface area (Å²) >= 11 is 1.11. The standard InChI is InChI=1S/C22H14FN3O3S/c23-16-7-5-13(6-8-16)10-17-20(27)24-22-26(25-17)21(28)19(30-22)11-14-9-15-3-1-2-4-18(15)29-12-14/h1-9,11H,10,12H2. The van der Waals surface area contributed by atoms with E-state index in [1.165, 1.54) is 12.1 Å². The lowest BCUT2D eigenvalue weighted by atomic mass is 10.1. The van der Waals surface area contributed by atoms with Crippen LogP contribution in [0.15, 0.2) is 63.7 Å². The van der Waals surface area contributed by atoms with Crippen LogP contribution in [0.2, 0.25) is 0 Å². The highest BCUT2D eigenvalue weighted by molar-refractivity contribution is 7.15. The zero-order valence-corrected chi connectivity index (χ0v) is 16.4. The van der Waals surface area contributed by atoms with Gasteiger partial charge in [0.05, 0.1) is 4.53 Å². The minimum absolute atomic E-state index is 0.134. The van der Waals surface area contributed by atoms with E-state index in [0.29, 0.717) is 16.7 Å². The zero-order valence-electron chi connectivity index (χ0n) is 15.5. The van der Waals surface area contributed by atoms with Crippen molar-refractivity contribution in [2.24, 2.45) is 0 Å². The Labute approximate surface area is 173 Å². The third-order valence-corrected chi connectivity index (χ3v) is 5.67. The van der Waals surface area contributed by atoms with Crippen LogP contribution in [-0.4, -0.2) is 21.2 Å². The zero-order chi connectivity index (χ0) is 20.7. The van der Waals surface area contributed by atoms with Gasteiger partial charge in [0.15, 0.2) is 0 Å². The molecule has 4 aromatic rings. The average molecular weight is 419 g/mol. The Morgan fingerprint density at radius 3 is 2.77 bits per heavy atom. The van der Waals surface area contributed by atoms with Gasteiger partial charge in [0, 0.05) is 12.0 Å². The van der Waals surface area contributed by atoms with Gasteiger partial charge in [-0.15, -0.1) is 0 Å². The van der Waals surface area contributed by atoms with Crippen molar-refractivity contribution in [2.75, 3.05) is 6.61 Å². The van der Waals surface area contributed by atoms with Crippen molar-refractivity contribution in [1.82, 2.24) is 14.6 Å². The SMILES string of the molecule is O=c1nc2sc(=CC3=Cc4ccccc4OC3)c(=O)n2nc1Cc1ccc(F)cc1. The summed E-state index contributed by atoms with van der Waals surface area (Å²) in [6, 6.07) is 13.4. The van der Waals surface area contributed by atoms with Crippen molar-refractivity contribution in [3.63, 3.8) is 0 Å². The number of para-hydroxylation sites is 1. The van der Waals surface area contributed by atoms with E-state index in [1.807, 2.05) is 30.3 Å². The molecule has 0 spiro atoms. The van der Waals surface area contributed by atoms with E-state index in [1.54, 1.807) is 18.2 Å². The first kappa shape index (κ1) is 18.4. The van der Waals surface area contributed by atoms with Crippen LogP contribution in [0.1, 0.15) is 16.8 Å². The number of benzene rings is 2. The molecule has 1 aliphatic rings. The second-order valence-corrected chi connectivity index (χ2v) is 7.83. The second-order valence-electron chi connectivity index (χ2n) is 6.82. The van der Waals surface area contributed by atoms with E-state index in [4.69, 9.17) is 4.74 Å². The predicted octanol–water partition coefficient (Wildman–Crippen LogP) is 2.22. The van der Waals surface area contributed by atoms with Gasteiger partial charge in [0.2, 0.25) is 4.96 Å². The third-order valence-electron chi connectivity index (χ3n) is 4.71. The molecule has 0 unspecified atom stereocenters. The van der Waals surface area contributed by atoms with Gasteiger partial charge in [-0.3, -0.25) is 9.59 Å². The Morgan fingerprint density at radius 1 is 1.13 bits per heavy atom. The molecular formula is C22H14FN3O3S. The number of aromatic nitrogens is 3. The van der Waals surface area contributed by atoms with E-state index in [0.717, 1.165) is 32.7 Å². The molecule has 6 nitrogen and oxygen atoms in total. The minimum atomic E-state index is -0.499. The van der Waals surface area contributed by atoms with Gasteiger partial charge < -0.3 is 4.74 Å². The summed E-state index contributed by atoms with van der Waals surface area (Å²) in [5.41, 5.74) is 1.78. The summed E-state index contributed by atoms with van der Waals surface area (Å²) in [5, 5.41) is 4.22. The molecule has 148 valence electrons. The molecule has 3 heterocycles. The van der Waals surface area contributed by atoms with Crippen LogP contribution in [0.3, 0.4) is 0 Å². The van der Waals surface area contributed by atoms with Crippen LogP contribution < -0.4 is 20.4 Å². The molecule has 8 heteroatoms. The van der Waals surface area contributed by atoms with Gasteiger partial charge in [-0.05, 0) is 41.5 Å². The summed E-state index contributed by atoms with van der Waals surface area (Å²) in [5.74, 6) is 0.438. The number of thiazole rings is 1. The van der Waals surface area contributed by atoms with Gasteiger partial charge in [-0.1, -0.05) is 41.7 Å². The fourth-order valence-corrected chi connectivity index (χ4v) is 4.15. The van der Waals surface area contributed by atoms with Gasteiger partial charge >= 0.3 is 0 Å². The molecule has 0 fully saturated rings. The Hall–Kier alpha value is -3.65.